The van der Waals surface area contributed by atoms with Crippen molar-refractivity contribution in [2.75, 3.05) is 26.7 Å². The van der Waals surface area contributed by atoms with E-state index in [1.807, 2.05) is 20.8 Å². The molecule has 1 amide bonds. The van der Waals surface area contributed by atoms with Crippen LogP contribution in [0.5, 0.6) is 0 Å². The molecule has 0 radical (unpaired) electrons. The molecule has 5 heteroatoms. The van der Waals surface area contributed by atoms with E-state index in [0.29, 0.717) is 6.04 Å². The SMILES string of the molecule is CC(C)OCCN(C)CCCC(C)(NC1CC1)C(N)=O. The number of hydrogen-bond acceptors (Lipinski definition) is 4. The largest absolute Gasteiger partial charge is 0.377 e. The molecule has 1 unspecified atom stereocenters. The summed E-state index contributed by atoms with van der Waals surface area (Å²) in [6, 6.07) is 0.490. The number of likely N-dealkylation sites (N-methyl/N-ethyl adjacent to an activating group) is 1. The minimum atomic E-state index is -0.559. The van der Waals surface area contributed by atoms with Crippen molar-refractivity contribution >= 4 is 5.91 Å². The first-order valence-electron chi connectivity index (χ1n) is 7.71. The number of primary amides is 1. The van der Waals surface area contributed by atoms with Crippen molar-refractivity contribution in [2.45, 2.75) is 64.1 Å². The Morgan fingerprint density at radius 2 is 2.10 bits per heavy atom. The summed E-state index contributed by atoms with van der Waals surface area (Å²) in [5, 5.41) is 3.38. The van der Waals surface area contributed by atoms with Gasteiger partial charge in [0.1, 0.15) is 0 Å². The van der Waals surface area contributed by atoms with E-state index in [1.54, 1.807) is 0 Å². The van der Waals surface area contributed by atoms with Crippen molar-refractivity contribution < 1.29 is 9.53 Å². The smallest absolute Gasteiger partial charge is 0.237 e. The zero-order chi connectivity index (χ0) is 15.2. The highest BCUT2D eigenvalue weighted by Crippen LogP contribution is 2.24. The topological polar surface area (TPSA) is 67.6 Å². The van der Waals surface area contributed by atoms with E-state index in [2.05, 4.69) is 17.3 Å². The lowest BCUT2D eigenvalue weighted by Gasteiger charge is -2.28. The number of rotatable bonds is 11. The first-order valence-corrected chi connectivity index (χ1v) is 7.71. The maximum atomic E-state index is 11.6. The molecule has 0 bridgehead atoms. The van der Waals surface area contributed by atoms with Crippen LogP contribution in [0.25, 0.3) is 0 Å². The summed E-state index contributed by atoms with van der Waals surface area (Å²) in [5.41, 5.74) is 4.98. The normalized spacial score (nSPS) is 18.5. The molecule has 0 aliphatic heterocycles. The van der Waals surface area contributed by atoms with E-state index in [4.69, 9.17) is 10.5 Å². The van der Waals surface area contributed by atoms with Gasteiger partial charge in [-0.15, -0.1) is 0 Å². The van der Waals surface area contributed by atoms with Gasteiger partial charge in [-0.3, -0.25) is 4.79 Å². The molecule has 1 fully saturated rings. The standard InChI is InChI=1S/C15H31N3O2/c1-12(2)20-11-10-18(4)9-5-8-15(3,14(16)19)17-13-6-7-13/h12-13,17H,5-11H2,1-4H3,(H2,16,19). The molecule has 0 spiro atoms. The molecule has 118 valence electrons. The van der Waals surface area contributed by atoms with Crippen LogP contribution >= 0.6 is 0 Å². The molecule has 1 aliphatic rings. The molecule has 5 nitrogen and oxygen atoms in total. The van der Waals surface area contributed by atoms with Crippen molar-refractivity contribution in [3.8, 4) is 0 Å². The lowest BCUT2D eigenvalue weighted by atomic mass is 9.94. The summed E-state index contributed by atoms with van der Waals surface area (Å²) in [7, 11) is 2.08. The number of carbonyl (C=O) groups is 1. The van der Waals surface area contributed by atoms with Crippen molar-refractivity contribution in [3.63, 3.8) is 0 Å². The number of nitrogens with two attached hydrogens (primary N) is 1. The molecule has 0 saturated heterocycles. The fourth-order valence-corrected chi connectivity index (χ4v) is 2.20. The van der Waals surface area contributed by atoms with Crippen LogP contribution in [-0.4, -0.2) is 55.2 Å². The molecule has 0 aromatic rings. The molecule has 3 N–H and O–H groups in total. The summed E-state index contributed by atoms with van der Waals surface area (Å²) in [4.78, 5) is 13.9. The maximum Gasteiger partial charge on any atom is 0.237 e. The van der Waals surface area contributed by atoms with E-state index < -0.39 is 5.54 Å². The van der Waals surface area contributed by atoms with E-state index >= 15 is 0 Å². The molecule has 1 saturated carbocycles. The summed E-state index contributed by atoms with van der Waals surface area (Å²) < 4.78 is 5.53. The summed E-state index contributed by atoms with van der Waals surface area (Å²) in [6.45, 7) is 8.64. The Morgan fingerprint density at radius 3 is 2.60 bits per heavy atom. The van der Waals surface area contributed by atoms with Crippen LogP contribution in [-0.2, 0) is 9.53 Å². The van der Waals surface area contributed by atoms with Gasteiger partial charge in [0.2, 0.25) is 5.91 Å². The Balaban J connectivity index is 2.20. The van der Waals surface area contributed by atoms with Gasteiger partial charge in [0.05, 0.1) is 18.2 Å². The Labute approximate surface area is 123 Å². The molecule has 0 heterocycles. The van der Waals surface area contributed by atoms with Crippen LogP contribution in [0.15, 0.2) is 0 Å². The zero-order valence-electron chi connectivity index (χ0n) is 13.4. The Hall–Kier alpha value is -0.650. The molecule has 0 aromatic heterocycles. The summed E-state index contributed by atoms with van der Waals surface area (Å²) >= 11 is 0. The Bertz CT molecular complexity index is 305. The van der Waals surface area contributed by atoms with E-state index in [9.17, 15) is 4.79 Å². The fourth-order valence-electron chi connectivity index (χ4n) is 2.20. The van der Waals surface area contributed by atoms with E-state index in [-0.39, 0.29) is 12.0 Å². The van der Waals surface area contributed by atoms with E-state index in [1.165, 1.54) is 0 Å². The number of amides is 1. The van der Waals surface area contributed by atoms with Gasteiger partial charge in [-0.05, 0) is 60.0 Å². The average molecular weight is 285 g/mol. The zero-order valence-corrected chi connectivity index (χ0v) is 13.4. The van der Waals surface area contributed by atoms with Crippen molar-refractivity contribution in [1.29, 1.82) is 0 Å². The number of carbonyl (C=O) groups excluding carboxylic acids is 1. The van der Waals surface area contributed by atoms with Crippen LogP contribution in [0.4, 0.5) is 0 Å². The van der Waals surface area contributed by atoms with Crippen LogP contribution in [0.3, 0.4) is 0 Å². The predicted octanol–water partition coefficient (Wildman–Crippen LogP) is 1.12. The van der Waals surface area contributed by atoms with Gasteiger partial charge >= 0.3 is 0 Å². The first-order chi connectivity index (χ1) is 9.33. The number of nitrogens with one attached hydrogen (secondary N) is 1. The number of hydrogen-bond donors (Lipinski definition) is 2. The van der Waals surface area contributed by atoms with Crippen LogP contribution in [0.2, 0.25) is 0 Å². The Kier molecular flexibility index (Phi) is 6.92. The third kappa shape index (κ3) is 6.68. The molecule has 1 aliphatic carbocycles. The van der Waals surface area contributed by atoms with Gasteiger partial charge in [-0.2, -0.15) is 0 Å². The van der Waals surface area contributed by atoms with Gasteiger partial charge in [0, 0.05) is 12.6 Å². The van der Waals surface area contributed by atoms with Gasteiger partial charge in [0.15, 0.2) is 0 Å². The minimum Gasteiger partial charge on any atom is -0.377 e. The van der Waals surface area contributed by atoms with Gasteiger partial charge in [0.25, 0.3) is 0 Å². The van der Waals surface area contributed by atoms with Crippen molar-refractivity contribution in [1.82, 2.24) is 10.2 Å². The highest BCUT2D eigenvalue weighted by atomic mass is 16.5. The fraction of sp³-hybridized carbons (Fsp3) is 0.933. The number of nitrogens with zero attached hydrogens (tertiary/aromatic N) is 1. The van der Waals surface area contributed by atoms with Crippen molar-refractivity contribution in [2.24, 2.45) is 5.73 Å². The van der Waals surface area contributed by atoms with E-state index in [0.717, 1.165) is 45.4 Å². The monoisotopic (exact) mass is 285 g/mol. The first kappa shape index (κ1) is 17.4. The van der Waals surface area contributed by atoms with Crippen LogP contribution in [0.1, 0.15) is 46.5 Å². The lowest BCUT2D eigenvalue weighted by molar-refractivity contribution is -0.124. The Morgan fingerprint density at radius 1 is 1.45 bits per heavy atom. The highest BCUT2D eigenvalue weighted by Gasteiger charge is 2.36. The third-order valence-electron chi connectivity index (χ3n) is 3.78. The third-order valence-corrected chi connectivity index (χ3v) is 3.78. The molecule has 0 aromatic carbocycles. The highest BCUT2D eigenvalue weighted by molar-refractivity contribution is 5.84. The molecular formula is C15H31N3O2. The quantitative estimate of drug-likeness (QED) is 0.597. The minimum absolute atomic E-state index is 0.241. The van der Waals surface area contributed by atoms with Gasteiger partial charge in [-0.25, -0.2) is 0 Å². The molecule has 1 rings (SSSR count). The lowest BCUT2D eigenvalue weighted by Crippen LogP contribution is -2.54. The van der Waals surface area contributed by atoms with Crippen molar-refractivity contribution in [3.05, 3.63) is 0 Å². The van der Waals surface area contributed by atoms with Crippen LogP contribution < -0.4 is 11.1 Å². The predicted molar refractivity (Wildman–Crippen MR) is 81.6 cm³/mol. The van der Waals surface area contributed by atoms with Gasteiger partial charge in [-0.1, -0.05) is 0 Å². The second-order valence-corrected chi connectivity index (χ2v) is 6.44. The molecule has 1 atom stereocenters. The summed E-state index contributed by atoms with van der Waals surface area (Å²) in [6.07, 6.45) is 4.35. The second-order valence-electron chi connectivity index (χ2n) is 6.44. The van der Waals surface area contributed by atoms with Gasteiger partial charge < -0.3 is 20.7 Å². The maximum absolute atomic E-state index is 11.6. The molecule has 20 heavy (non-hydrogen) atoms. The molecular weight excluding hydrogens is 254 g/mol. The van der Waals surface area contributed by atoms with Crippen LogP contribution in [0, 0.1) is 0 Å². The number of ether oxygens (including phenoxy) is 1. The second kappa shape index (κ2) is 7.96. The summed E-state index contributed by atoms with van der Waals surface area (Å²) in [5.74, 6) is -0.241. The average Bonchev–Trinajstić information content (AvgIpc) is 3.12.